The Balaban J connectivity index is 2.95. The second kappa shape index (κ2) is 4.17. The first-order valence-electron chi connectivity index (χ1n) is 3.32. The van der Waals surface area contributed by atoms with E-state index in [1.807, 2.05) is 0 Å². The second-order valence-corrected chi connectivity index (χ2v) is 3.95. The molecule has 0 fully saturated rings. The molecule has 0 bridgehead atoms. The Hall–Kier alpha value is -0.460. The summed E-state index contributed by atoms with van der Waals surface area (Å²) in [7, 11) is 2.77. The third-order valence-corrected chi connectivity index (χ3v) is 3.27. The average molecular weight is 268 g/mol. The summed E-state index contributed by atoms with van der Waals surface area (Å²) in [5.41, 5.74) is 0. The average Bonchev–Trinajstić information content (AvgIpc) is 2.45. The Kier molecular flexibility index (Phi) is 3.40. The fourth-order valence-corrected chi connectivity index (χ4v) is 2.07. The number of thiophene rings is 1. The first-order valence-corrected chi connectivity index (χ1v) is 4.99. The van der Waals surface area contributed by atoms with Gasteiger partial charge in [-0.1, -0.05) is 0 Å². The number of rotatable bonds is 2. The predicted molar refractivity (Wildman–Crippen MR) is 51.1 cm³/mol. The van der Waals surface area contributed by atoms with Gasteiger partial charge in [0.05, 0.1) is 11.6 Å². The maximum Gasteiger partial charge on any atom is 0.290 e. The van der Waals surface area contributed by atoms with Crippen LogP contribution in [0.1, 0.15) is 9.67 Å². The van der Waals surface area contributed by atoms with Crippen LogP contribution in [0.4, 0.5) is 4.39 Å². The molecule has 6 heteroatoms. The maximum absolute atomic E-state index is 13.2. The van der Waals surface area contributed by atoms with Crippen LogP contribution in [0, 0.1) is 5.82 Å². The number of hydrogen-bond donors (Lipinski definition) is 0. The molecule has 1 heterocycles. The van der Waals surface area contributed by atoms with Crippen molar-refractivity contribution in [2.45, 2.75) is 0 Å². The molecule has 72 valence electrons. The zero-order valence-corrected chi connectivity index (χ0v) is 9.41. The van der Waals surface area contributed by atoms with Gasteiger partial charge in [-0.2, -0.15) is 0 Å². The second-order valence-electron chi connectivity index (χ2n) is 2.21. The topological polar surface area (TPSA) is 29.5 Å². The van der Waals surface area contributed by atoms with Crippen LogP contribution < -0.4 is 0 Å². The first-order chi connectivity index (χ1) is 6.07. The standard InChI is InChI=1S/C7H7BrFNO2S/c1-10(12-2)7(11)6-5(9)4(8)3-13-6/h3H,1-2H3. The molecule has 13 heavy (non-hydrogen) atoms. The number of carbonyl (C=O) groups is 1. The van der Waals surface area contributed by atoms with Gasteiger partial charge in [-0.05, 0) is 15.9 Å². The van der Waals surface area contributed by atoms with Gasteiger partial charge in [0.25, 0.3) is 5.91 Å². The van der Waals surface area contributed by atoms with E-state index in [0.717, 1.165) is 16.4 Å². The number of nitrogens with zero attached hydrogens (tertiary/aromatic N) is 1. The minimum absolute atomic E-state index is 0.0382. The quantitative estimate of drug-likeness (QED) is 0.770. The van der Waals surface area contributed by atoms with Crippen molar-refractivity contribution < 1.29 is 14.0 Å². The molecule has 1 aromatic heterocycles. The highest BCUT2D eigenvalue weighted by Gasteiger charge is 2.20. The third kappa shape index (κ3) is 2.07. The van der Waals surface area contributed by atoms with Gasteiger partial charge in [0.15, 0.2) is 5.82 Å². The lowest BCUT2D eigenvalue weighted by Crippen LogP contribution is -2.25. The summed E-state index contributed by atoms with van der Waals surface area (Å²) in [6.45, 7) is 0. The summed E-state index contributed by atoms with van der Waals surface area (Å²) in [5, 5.41) is 2.49. The molecule has 3 nitrogen and oxygen atoms in total. The number of hydrogen-bond acceptors (Lipinski definition) is 3. The van der Waals surface area contributed by atoms with Crippen LogP contribution in [0.15, 0.2) is 9.85 Å². The smallest absolute Gasteiger partial charge is 0.274 e. The van der Waals surface area contributed by atoms with E-state index in [1.54, 1.807) is 0 Å². The number of amides is 1. The van der Waals surface area contributed by atoms with Crippen LogP contribution in [-0.4, -0.2) is 25.1 Å². The van der Waals surface area contributed by atoms with Gasteiger partial charge >= 0.3 is 0 Å². The normalized spacial score (nSPS) is 10.2. The summed E-state index contributed by atoms with van der Waals surface area (Å²) in [6.07, 6.45) is 0. The largest absolute Gasteiger partial charge is 0.290 e. The molecule has 0 radical (unpaired) electrons. The Labute approximate surface area is 87.2 Å². The van der Waals surface area contributed by atoms with E-state index in [-0.39, 0.29) is 4.88 Å². The number of hydroxylamine groups is 2. The molecule has 0 spiro atoms. The van der Waals surface area contributed by atoms with E-state index < -0.39 is 11.7 Å². The van der Waals surface area contributed by atoms with Crippen molar-refractivity contribution >= 4 is 33.2 Å². The molecule has 0 unspecified atom stereocenters. The summed E-state index contributed by atoms with van der Waals surface area (Å²) in [6, 6.07) is 0. The van der Waals surface area contributed by atoms with Gasteiger partial charge in [0.1, 0.15) is 4.88 Å². The summed E-state index contributed by atoms with van der Waals surface area (Å²) >= 11 is 4.01. The molecule has 1 rings (SSSR count). The van der Waals surface area contributed by atoms with E-state index in [9.17, 15) is 9.18 Å². The zero-order valence-electron chi connectivity index (χ0n) is 7.01. The molecule has 0 aliphatic rings. The Morgan fingerprint density at radius 1 is 1.77 bits per heavy atom. The van der Waals surface area contributed by atoms with E-state index in [4.69, 9.17) is 0 Å². The van der Waals surface area contributed by atoms with Crippen LogP contribution in [0.2, 0.25) is 0 Å². The molecular formula is C7H7BrFNO2S. The predicted octanol–water partition coefficient (Wildman–Crippen LogP) is 2.28. The van der Waals surface area contributed by atoms with Crippen molar-refractivity contribution in [1.82, 2.24) is 5.06 Å². The Bertz CT molecular complexity index is 328. The van der Waals surface area contributed by atoms with Crippen molar-refractivity contribution in [3.8, 4) is 0 Å². The summed E-state index contributed by atoms with van der Waals surface area (Å²) in [4.78, 5) is 16.0. The van der Waals surface area contributed by atoms with Gasteiger partial charge in [-0.15, -0.1) is 11.3 Å². The molecule has 0 saturated heterocycles. The molecular weight excluding hydrogens is 261 g/mol. The van der Waals surface area contributed by atoms with Gasteiger partial charge < -0.3 is 0 Å². The Morgan fingerprint density at radius 3 is 2.77 bits per heavy atom. The van der Waals surface area contributed by atoms with Gasteiger partial charge in [0, 0.05) is 12.4 Å². The molecule has 1 amide bonds. The minimum atomic E-state index is -0.543. The van der Waals surface area contributed by atoms with Crippen molar-refractivity contribution in [2.75, 3.05) is 14.2 Å². The SMILES string of the molecule is CON(C)C(=O)c1scc(Br)c1F. The monoisotopic (exact) mass is 267 g/mol. The van der Waals surface area contributed by atoms with Crippen LogP contribution in [0.5, 0.6) is 0 Å². The highest BCUT2D eigenvalue weighted by atomic mass is 79.9. The van der Waals surface area contributed by atoms with Crippen LogP contribution >= 0.6 is 27.3 Å². The fourth-order valence-electron chi connectivity index (χ4n) is 0.693. The van der Waals surface area contributed by atoms with E-state index in [2.05, 4.69) is 20.8 Å². The minimum Gasteiger partial charge on any atom is -0.274 e. The molecule has 1 aromatic rings. The number of halogens is 2. The van der Waals surface area contributed by atoms with Gasteiger partial charge in [0.2, 0.25) is 0 Å². The van der Waals surface area contributed by atoms with E-state index in [1.165, 1.54) is 19.5 Å². The van der Waals surface area contributed by atoms with Crippen LogP contribution in [-0.2, 0) is 4.84 Å². The van der Waals surface area contributed by atoms with Crippen molar-refractivity contribution in [3.05, 3.63) is 20.5 Å². The molecule has 0 saturated carbocycles. The van der Waals surface area contributed by atoms with Gasteiger partial charge in [-0.25, -0.2) is 9.45 Å². The molecule has 0 aromatic carbocycles. The first kappa shape index (κ1) is 10.6. The Morgan fingerprint density at radius 2 is 2.38 bits per heavy atom. The van der Waals surface area contributed by atoms with Gasteiger partial charge in [-0.3, -0.25) is 9.63 Å². The van der Waals surface area contributed by atoms with E-state index in [0.29, 0.717) is 4.47 Å². The van der Waals surface area contributed by atoms with Crippen molar-refractivity contribution in [3.63, 3.8) is 0 Å². The maximum atomic E-state index is 13.2. The summed E-state index contributed by atoms with van der Waals surface area (Å²) < 4.78 is 13.5. The lowest BCUT2D eigenvalue weighted by molar-refractivity contribution is -0.0756. The fraction of sp³-hybridized carbons (Fsp3) is 0.286. The highest BCUT2D eigenvalue weighted by Crippen LogP contribution is 2.26. The number of carbonyl (C=O) groups excluding carboxylic acids is 1. The van der Waals surface area contributed by atoms with Crippen molar-refractivity contribution in [2.24, 2.45) is 0 Å². The van der Waals surface area contributed by atoms with Crippen molar-refractivity contribution in [1.29, 1.82) is 0 Å². The van der Waals surface area contributed by atoms with Crippen LogP contribution in [0.3, 0.4) is 0 Å². The highest BCUT2D eigenvalue weighted by molar-refractivity contribution is 9.10. The lowest BCUT2D eigenvalue weighted by Gasteiger charge is -2.11. The van der Waals surface area contributed by atoms with Crippen LogP contribution in [0.25, 0.3) is 0 Å². The molecule has 0 atom stereocenters. The summed E-state index contributed by atoms with van der Waals surface area (Å²) in [5.74, 6) is -1.03. The molecule has 0 aliphatic heterocycles. The lowest BCUT2D eigenvalue weighted by atomic mass is 10.4. The van der Waals surface area contributed by atoms with E-state index >= 15 is 0 Å². The molecule has 0 aliphatic carbocycles. The molecule has 0 N–H and O–H groups in total. The zero-order chi connectivity index (χ0) is 10.0. The third-order valence-electron chi connectivity index (χ3n) is 1.44.